The molecule has 0 fully saturated rings. The molecule has 1 aromatic rings. The van der Waals surface area contributed by atoms with E-state index in [4.69, 9.17) is 0 Å². The Kier molecular flexibility index (Phi) is 5.35. The Morgan fingerprint density at radius 2 is 1.84 bits per heavy atom. The monoisotopic (exact) mass is 284 g/mol. The van der Waals surface area contributed by atoms with E-state index in [0.29, 0.717) is 6.42 Å². The Morgan fingerprint density at radius 3 is 2.32 bits per heavy atom. The van der Waals surface area contributed by atoms with Gasteiger partial charge in [-0.05, 0) is 24.6 Å². The third-order valence-corrected chi connectivity index (χ3v) is 3.67. The Balaban J connectivity index is 2.59. The minimum atomic E-state index is -2.99. The van der Waals surface area contributed by atoms with Gasteiger partial charge in [-0.15, -0.1) is 0 Å². The number of nitrogens with one attached hydrogen (secondary N) is 2. The van der Waals surface area contributed by atoms with E-state index >= 15 is 0 Å². The van der Waals surface area contributed by atoms with Gasteiger partial charge in [0.25, 0.3) is 0 Å². The van der Waals surface area contributed by atoms with E-state index < -0.39 is 9.84 Å². The summed E-state index contributed by atoms with van der Waals surface area (Å²) in [7, 11) is -1.38. The molecule has 0 bridgehead atoms. The first kappa shape index (κ1) is 15.5. The summed E-state index contributed by atoms with van der Waals surface area (Å²) in [6.45, 7) is 1.82. The lowest BCUT2D eigenvalue weighted by atomic mass is 10.1. The van der Waals surface area contributed by atoms with E-state index in [9.17, 15) is 13.2 Å². The molecular weight excluding hydrogens is 264 g/mol. The number of hydrogen-bond acceptors (Lipinski definition) is 4. The average molecular weight is 284 g/mol. The quantitative estimate of drug-likeness (QED) is 0.811. The Morgan fingerprint density at radius 1 is 1.26 bits per heavy atom. The zero-order chi connectivity index (χ0) is 14.5. The van der Waals surface area contributed by atoms with Gasteiger partial charge in [-0.25, -0.2) is 8.42 Å². The van der Waals surface area contributed by atoms with Crippen molar-refractivity contribution >= 4 is 21.4 Å². The highest BCUT2D eigenvalue weighted by Crippen LogP contribution is 2.11. The van der Waals surface area contributed by atoms with Crippen LogP contribution in [-0.2, 0) is 21.1 Å². The van der Waals surface area contributed by atoms with Gasteiger partial charge in [0.2, 0.25) is 5.91 Å². The standard InChI is InChI=1S/C13H20N2O3S/c1-10(9-19(3,17)18)15-12-6-4-11(5-7-12)8-13(16)14-2/h4-7,10,15H,8-9H2,1-3H3,(H,14,16). The van der Waals surface area contributed by atoms with Gasteiger partial charge >= 0.3 is 0 Å². The number of anilines is 1. The van der Waals surface area contributed by atoms with Crippen LogP contribution in [0.3, 0.4) is 0 Å². The Bertz CT molecular complexity index is 523. The van der Waals surface area contributed by atoms with Crippen LogP contribution in [-0.4, -0.2) is 39.4 Å². The number of carbonyl (C=O) groups excluding carboxylic acids is 1. The van der Waals surface area contributed by atoms with Gasteiger partial charge in [-0.2, -0.15) is 0 Å². The number of rotatable bonds is 6. The molecule has 0 aliphatic rings. The van der Waals surface area contributed by atoms with Crippen LogP contribution >= 0.6 is 0 Å². The zero-order valence-corrected chi connectivity index (χ0v) is 12.3. The second kappa shape index (κ2) is 6.56. The van der Waals surface area contributed by atoms with Gasteiger partial charge < -0.3 is 10.6 Å². The van der Waals surface area contributed by atoms with Crippen molar-refractivity contribution in [2.75, 3.05) is 24.4 Å². The van der Waals surface area contributed by atoms with Crippen molar-refractivity contribution in [3.8, 4) is 0 Å². The van der Waals surface area contributed by atoms with Gasteiger partial charge in [0.05, 0.1) is 12.2 Å². The van der Waals surface area contributed by atoms with Crippen LogP contribution in [0.2, 0.25) is 0 Å². The number of benzene rings is 1. The molecule has 2 N–H and O–H groups in total. The third kappa shape index (κ3) is 6.24. The maximum absolute atomic E-state index is 11.2. The molecule has 1 rings (SSSR count). The first-order valence-electron chi connectivity index (χ1n) is 6.04. The van der Waals surface area contributed by atoms with Crippen LogP contribution in [0.4, 0.5) is 5.69 Å². The molecule has 1 unspecified atom stereocenters. The van der Waals surface area contributed by atoms with Gasteiger partial charge in [-0.1, -0.05) is 12.1 Å². The van der Waals surface area contributed by atoms with E-state index in [1.807, 2.05) is 31.2 Å². The fourth-order valence-electron chi connectivity index (χ4n) is 1.77. The molecule has 0 aromatic heterocycles. The van der Waals surface area contributed by atoms with E-state index in [1.54, 1.807) is 7.05 Å². The normalized spacial score (nSPS) is 12.8. The summed E-state index contributed by atoms with van der Waals surface area (Å²) in [5.41, 5.74) is 1.76. The maximum Gasteiger partial charge on any atom is 0.224 e. The lowest BCUT2D eigenvalue weighted by Crippen LogP contribution is -2.25. The topological polar surface area (TPSA) is 75.3 Å². The molecule has 1 aromatic carbocycles. The molecule has 1 atom stereocenters. The Hall–Kier alpha value is -1.56. The number of carbonyl (C=O) groups is 1. The molecule has 0 heterocycles. The summed E-state index contributed by atoms with van der Waals surface area (Å²) in [4.78, 5) is 11.2. The molecule has 106 valence electrons. The van der Waals surface area contributed by atoms with Crippen molar-refractivity contribution in [3.05, 3.63) is 29.8 Å². The van der Waals surface area contributed by atoms with Gasteiger partial charge in [0.15, 0.2) is 0 Å². The van der Waals surface area contributed by atoms with Crippen LogP contribution in [0.15, 0.2) is 24.3 Å². The van der Waals surface area contributed by atoms with Gasteiger partial charge in [-0.3, -0.25) is 4.79 Å². The highest BCUT2D eigenvalue weighted by molar-refractivity contribution is 7.90. The number of likely N-dealkylation sites (N-methyl/N-ethyl adjacent to an activating group) is 1. The lowest BCUT2D eigenvalue weighted by Gasteiger charge is -2.14. The highest BCUT2D eigenvalue weighted by atomic mass is 32.2. The molecule has 0 aliphatic heterocycles. The maximum atomic E-state index is 11.2. The van der Waals surface area contributed by atoms with Crippen molar-refractivity contribution in [3.63, 3.8) is 0 Å². The van der Waals surface area contributed by atoms with Crippen molar-refractivity contribution in [1.29, 1.82) is 0 Å². The minimum absolute atomic E-state index is 0.0360. The minimum Gasteiger partial charge on any atom is -0.382 e. The SMILES string of the molecule is CNC(=O)Cc1ccc(NC(C)CS(C)(=O)=O)cc1. The van der Waals surface area contributed by atoms with Crippen molar-refractivity contribution in [1.82, 2.24) is 5.32 Å². The molecule has 19 heavy (non-hydrogen) atoms. The van der Waals surface area contributed by atoms with E-state index in [-0.39, 0.29) is 17.7 Å². The van der Waals surface area contributed by atoms with Crippen LogP contribution in [0.25, 0.3) is 0 Å². The summed E-state index contributed by atoms with van der Waals surface area (Å²) in [6, 6.07) is 7.24. The Labute approximate surface area is 114 Å². The second-order valence-corrected chi connectivity index (χ2v) is 6.87. The van der Waals surface area contributed by atoms with Crippen LogP contribution in [0.1, 0.15) is 12.5 Å². The van der Waals surface area contributed by atoms with E-state index in [1.165, 1.54) is 6.26 Å². The molecule has 5 nitrogen and oxygen atoms in total. The first-order chi connectivity index (χ1) is 8.80. The summed E-state index contributed by atoms with van der Waals surface area (Å²) in [5.74, 6) is 0.0543. The van der Waals surface area contributed by atoms with Crippen molar-refractivity contribution < 1.29 is 13.2 Å². The molecule has 1 amide bonds. The summed E-state index contributed by atoms with van der Waals surface area (Å²) in [5, 5.41) is 5.68. The predicted molar refractivity (Wildman–Crippen MR) is 77.0 cm³/mol. The fourth-order valence-corrected chi connectivity index (χ4v) is 2.76. The number of hydrogen-bond donors (Lipinski definition) is 2. The van der Waals surface area contributed by atoms with Crippen LogP contribution in [0.5, 0.6) is 0 Å². The number of sulfone groups is 1. The molecule has 0 aliphatic carbocycles. The first-order valence-corrected chi connectivity index (χ1v) is 8.10. The molecule has 0 saturated carbocycles. The summed E-state index contributed by atoms with van der Waals surface area (Å²) in [6.07, 6.45) is 1.56. The highest BCUT2D eigenvalue weighted by Gasteiger charge is 2.10. The fraction of sp³-hybridized carbons (Fsp3) is 0.462. The molecule has 0 saturated heterocycles. The average Bonchev–Trinajstić information content (AvgIpc) is 2.29. The van der Waals surface area contributed by atoms with Crippen molar-refractivity contribution in [2.24, 2.45) is 0 Å². The summed E-state index contributed by atoms with van der Waals surface area (Å²) >= 11 is 0. The molecule has 0 spiro atoms. The lowest BCUT2D eigenvalue weighted by molar-refractivity contribution is -0.119. The van der Waals surface area contributed by atoms with Crippen LogP contribution < -0.4 is 10.6 Å². The second-order valence-electron chi connectivity index (χ2n) is 4.68. The van der Waals surface area contributed by atoms with Crippen LogP contribution in [0, 0.1) is 0 Å². The zero-order valence-electron chi connectivity index (χ0n) is 11.4. The van der Waals surface area contributed by atoms with Gasteiger partial charge in [0.1, 0.15) is 9.84 Å². The molecule has 6 heteroatoms. The third-order valence-electron chi connectivity index (χ3n) is 2.56. The van der Waals surface area contributed by atoms with E-state index in [0.717, 1.165) is 11.3 Å². The number of amides is 1. The largest absolute Gasteiger partial charge is 0.382 e. The predicted octanol–water partition coefficient (Wildman–Crippen LogP) is 0.820. The smallest absolute Gasteiger partial charge is 0.224 e. The molecular formula is C13H20N2O3S. The van der Waals surface area contributed by atoms with Gasteiger partial charge in [0, 0.05) is 25.0 Å². The molecule has 0 radical (unpaired) electrons. The van der Waals surface area contributed by atoms with E-state index in [2.05, 4.69) is 10.6 Å². The summed E-state index contributed by atoms with van der Waals surface area (Å²) < 4.78 is 22.3. The van der Waals surface area contributed by atoms with Crippen molar-refractivity contribution in [2.45, 2.75) is 19.4 Å².